The topological polar surface area (TPSA) is 114 Å². The zero-order chi connectivity index (χ0) is 37.2. The second-order valence-corrected chi connectivity index (χ2v) is 17.6. The molecule has 1 amide bonds. The number of carbonyl (C=O) groups is 1. The van der Waals surface area contributed by atoms with Gasteiger partial charge in [0.25, 0.3) is 0 Å². The van der Waals surface area contributed by atoms with Gasteiger partial charge < -0.3 is 19.7 Å². The molecule has 4 aliphatic heterocycles. The van der Waals surface area contributed by atoms with Gasteiger partial charge in [-0.1, -0.05) is 46.7 Å². The van der Waals surface area contributed by atoms with Crippen LogP contribution in [-0.4, -0.2) is 57.1 Å². The molecule has 1 N–H and O–H groups in total. The normalized spacial score (nSPS) is 25.7. The first-order valence-electron chi connectivity index (χ1n) is 18.8. The molecule has 11 rings (SSSR count). The number of nitriles is 2. The molecule has 4 saturated heterocycles. The number of nitrogens with zero attached hydrogens (tertiary/aromatic N) is 7. The first-order chi connectivity index (χ1) is 26.2. The summed E-state index contributed by atoms with van der Waals surface area (Å²) in [5.74, 6) is 0.333. The summed E-state index contributed by atoms with van der Waals surface area (Å²) >= 11 is 14.6. The summed E-state index contributed by atoms with van der Waals surface area (Å²) in [6.07, 6.45) is 4.33. The van der Waals surface area contributed by atoms with Crippen molar-refractivity contribution in [3.8, 4) is 23.3 Å². The van der Waals surface area contributed by atoms with Gasteiger partial charge in [-0.15, -0.1) is 0 Å². The van der Waals surface area contributed by atoms with Gasteiger partial charge >= 0.3 is 0 Å². The molecule has 2 aromatic carbocycles. The summed E-state index contributed by atoms with van der Waals surface area (Å²) in [6, 6.07) is 14.2. The first kappa shape index (κ1) is 34.2. The molecule has 0 unspecified atom stereocenters. The van der Waals surface area contributed by atoms with E-state index >= 15 is 4.39 Å². The van der Waals surface area contributed by atoms with Crippen molar-refractivity contribution < 1.29 is 9.18 Å². The Kier molecular flexibility index (Phi) is 8.02. The minimum atomic E-state index is -0.480. The van der Waals surface area contributed by atoms with Gasteiger partial charge in [-0.25, -0.2) is 14.4 Å². The van der Waals surface area contributed by atoms with E-state index in [1.165, 1.54) is 11.3 Å². The number of hydrogen-bond donors (Lipinski definition) is 1. The number of piperidine rings is 1. The fraction of sp³-hybridized carbons (Fsp3) is 0.439. The number of pyridine rings is 1. The quantitative estimate of drug-likeness (QED) is 0.177. The van der Waals surface area contributed by atoms with E-state index in [0.29, 0.717) is 56.6 Å². The van der Waals surface area contributed by atoms with Crippen molar-refractivity contribution in [3.05, 3.63) is 73.7 Å². The fourth-order valence-corrected chi connectivity index (χ4v) is 11.4. The number of rotatable bonds is 7. The molecule has 6 atom stereocenters. The van der Waals surface area contributed by atoms with Gasteiger partial charge in [0.15, 0.2) is 10.9 Å². The van der Waals surface area contributed by atoms with Crippen LogP contribution in [0.3, 0.4) is 0 Å². The first-order valence-corrected chi connectivity index (χ1v) is 20.4. The van der Waals surface area contributed by atoms with E-state index in [1.54, 1.807) is 18.2 Å². The third-order valence-electron chi connectivity index (χ3n) is 12.7. The van der Waals surface area contributed by atoms with Gasteiger partial charge in [0, 0.05) is 77.2 Å². The Bertz CT molecular complexity index is 2500. The smallest absolute Gasteiger partial charge is 0.226 e. The molecule has 4 bridgehead atoms. The second-order valence-electron chi connectivity index (χ2n) is 15.8. The predicted molar refractivity (Wildman–Crippen MR) is 208 cm³/mol. The number of likely N-dealkylation sites (tertiary alicyclic amines) is 1. The zero-order valence-corrected chi connectivity index (χ0v) is 32.2. The summed E-state index contributed by atoms with van der Waals surface area (Å²) < 4.78 is 19.8. The number of benzene rings is 2. The Morgan fingerprint density at radius 3 is 2.61 bits per heavy atom. The molecular formula is C41H37Cl2FN8OS. The van der Waals surface area contributed by atoms with Crippen LogP contribution in [0.4, 0.5) is 9.52 Å². The van der Waals surface area contributed by atoms with Crippen molar-refractivity contribution in [2.24, 2.45) is 17.8 Å². The maximum absolute atomic E-state index is 17.3. The number of thiazole rings is 1. The molecule has 13 heteroatoms. The van der Waals surface area contributed by atoms with Crippen molar-refractivity contribution in [3.63, 3.8) is 0 Å². The molecule has 0 radical (unpaired) electrons. The molecule has 6 fully saturated rings. The highest BCUT2D eigenvalue weighted by Crippen LogP contribution is 2.54. The van der Waals surface area contributed by atoms with E-state index in [0.717, 1.165) is 66.2 Å². The maximum Gasteiger partial charge on any atom is 0.226 e. The number of amides is 1. The number of aryl methyl sites for hydroxylation is 3. The molecule has 0 spiro atoms. The maximum atomic E-state index is 17.3. The highest BCUT2D eigenvalue weighted by atomic mass is 35.5. The van der Waals surface area contributed by atoms with Crippen LogP contribution in [-0.2, 0) is 11.2 Å². The zero-order valence-electron chi connectivity index (χ0n) is 29.9. The number of hydrogen-bond acceptors (Lipinski definition) is 8. The van der Waals surface area contributed by atoms with E-state index in [-0.39, 0.29) is 58.9 Å². The van der Waals surface area contributed by atoms with Crippen molar-refractivity contribution in [1.29, 1.82) is 10.5 Å². The lowest BCUT2D eigenvalue weighted by atomic mass is 9.79. The highest BCUT2D eigenvalue weighted by Gasteiger charge is 2.55. The van der Waals surface area contributed by atoms with E-state index in [2.05, 4.69) is 37.9 Å². The summed E-state index contributed by atoms with van der Waals surface area (Å²) in [6.45, 7) is 6.13. The summed E-state index contributed by atoms with van der Waals surface area (Å²) in [7, 11) is 0. The van der Waals surface area contributed by atoms with Gasteiger partial charge in [0.2, 0.25) is 5.91 Å². The molecule has 5 aromatic rings. The Labute approximate surface area is 326 Å². The van der Waals surface area contributed by atoms with Crippen molar-refractivity contribution >= 4 is 67.4 Å². The molecular weight excluding hydrogens is 742 g/mol. The third kappa shape index (κ3) is 5.05. The lowest BCUT2D eigenvalue weighted by Gasteiger charge is -2.40. The number of carbonyl (C=O) groups excluding carboxylic acids is 1. The van der Waals surface area contributed by atoms with Crippen LogP contribution in [0.1, 0.15) is 71.7 Å². The van der Waals surface area contributed by atoms with E-state index in [4.69, 9.17) is 33.2 Å². The van der Waals surface area contributed by atoms with Gasteiger partial charge in [-0.3, -0.25) is 4.79 Å². The minimum absolute atomic E-state index is 0.00953. The Hall–Kier alpha value is -4.26. The Balaban J connectivity index is 1.20. The minimum Gasteiger partial charge on any atom is -0.346 e. The molecule has 9 nitrogen and oxygen atoms in total. The monoisotopic (exact) mass is 778 g/mol. The van der Waals surface area contributed by atoms with Crippen molar-refractivity contribution in [2.75, 3.05) is 24.5 Å². The number of nitrogens with one attached hydrogen (secondary N) is 1. The number of anilines is 1. The highest BCUT2D eigenvalue weighted by molar-refractivity contribution is 7.16. The predicted octanol–water partition coefficient (Wildman–Crippen LogP) is 8.42. The summed E-state index contributed by atoms with van der Waals surface area (Å²) in [4.78, 5) is 29.3. The van der Waals surface area contributed by atoms with Crippen molar-refractivity contribution in [2.45, 2.75) is 76.5 Å². The van der Waals surface area contributed by atoms with Gasteiger partial charge in [0.05, 0.1) is 45.5 Å². The number of aromatic nitrogens is 3. The standard InChI is InChI=1S/C41H37Cl2FN8OS/c1-19-27-14-31(38-24-11-25(51(38)40(53)21-8-9-21)18-50(17-24)41-49-20(2)32(15-46)54-41)52(37-23-13-30(37)47-16-23)39(27)28-12-22(5-4-10-45)33(35(44)36(28)48-19)26-6-3-7-29(42)34(26)43/h3,6-7,12,14,21,23-25,30,37-38,47H,4-5,8-9,11,13,16-18H2,1-2H3/t23-,24+,25-,30-,37+,38-/m1/s1. The van der Waals surface area contributed by atoms with Gasteiger partial charge in [-0.05, 0) is 75.6 Å². The molecule has 6 aliphatic rings. The van der Waals surface area contributed by atoms with Gasteiger partial charge in [0.1, 0.15) is 16.5 Å². The molecule has 2 saturated carbocycles. The summed E-state index contributed by atoms with van der Waals surface area (Å²) in [5.41, 5.74) is 5.20. The summed E-state index contributed by atoms with van der Waals surface area (Å²) in [5, 5.41) is 26.2. The molecule has 54 heavy (non-hydrogen) atoms. The van der Waals surface area contributed by atoms with E-state index < -0.39 is 5.82 Å². The molecule has 7 heterocycles. The average Bonchev–Trinajstić information content (AvgIpc) is 3.45. The lowest BCUT2D eigenvalue weighted by molar-refractivity contribution is -0.135. The van der Waals surface area contributed by atoms with Crippen LogP contribution in [0.5, 0.6) is 0 Å². The largest absolute Gasteiger partial charge is 0.346 e. The van der Waals surface area contributed by atoms with Crippen LogP contribution in [0.25, 0.3) is 32.9 Å². The van der Waals surface area contributed by atoms with Crippen LogP contribution in [0.2, 0.25) is 10.0 Å². The number of halogens is 3. The number of fused-ring (bicyclic) bond motifs is 6. The molecule has 2 aliphatic carbocycles. The third-order valence-corrected chi connectivity index (χ3v) is 14.6. The van der Waals surface area contributed by atoms with Gasteiger partial charge in [-0.2, -0.15) is 10.5 Å². The SMILES string of the molecule is Cc1nc(N2C[C@@H]3C[C@H](C2)N(C(=O)C2CC2)[C@H]3c2cc3c(C)nc4c(F)c(-c5cccc(Cl)c5Cl)c(CCC#N)cc4c3n2[C@H]2[C@H]3CN[C@@H]2C3)sc1C#N. The Morgan fingerprint density at radius 2 is 1.91 bits per heavy atom. The Morgan fingerprint density at radius 1 is 1.07 bits per heavy atom. The van der Waals surface area contributed by atoms with E-state index in [9.17, 15) is 15.3 Å². The van der Waals surface area contributed by atoms with Crippen molar-refractivity contribution in [1.82, 2.24) is 24.8 Å². The van der Waals surface area contributed by atoms with Crippen LogP contribution < -0.4 is 10.2 Å². The second kappa shape index (κ2) is 12.6. The molecule has 3 aromatic heterocycles. The average molecular weight is 780 g/mol. The van der Waals surface area contributed by atoms with Crippen LogP contribution in [0.15, 0.2) is 30.3 Å². The van der Waals surface area contributed by atoms with E-state index in [1.807, 2.05) is 19.9 Å². The lowest BCUT2D eigenvalue weighted by Crippen LogP contribution is -2.45. The molecule has 274 valence electrons. The van der Waals surface area contributed by atoms with Crippen LogP contribution in [0, 0.1) is 60.1 Å². The fourth-order valence-electron chi connectivity index (χ4n) is 10.1. The van der Waals surface area contributed by atoms with Crippen LogP contribution >= 0.6 is 34.5 Å².